The Morgan fingerprint density at radius 1 is 1.05 bits per heavy atom. The second-order valence-electron chi connectivity index (χ2n) is 9.60. The predicted molar refractivity (Wildman–Crippen MR) is 142 cm³/mol. The van der Waals surface area contributed by atoms with Crippen LogP contribution in [0.4, 0.5) is 10.1 Å². The van der Waals surface area contributed by atoms with Crippen molar-refractivity contribution in [3.05, 3.63) is 60.2 Å². The van der Waals surface area contributed by atoms with Crippen molar-refractivity contribution in [3.63, 3.8) is 0 Å². The minimum atomic E-state index is -3.93. The number of piperazine rings is 1. The number of hydrogen-bond donors (Lipinski definition) is 2. The minimum Gasteiger partial charge on any atom is -0.505 e. The summed E-state index contributed by atoms with van der Waals surface area (Å²) in [6.07, 6.45) is 3.11. The van der Waals surface area contributed by atoms with Crippen LogP contribution in [-0.2, 0) is 16.8 Å². The standard InChI is InChI=1S/C26H30FN5O4S/c1-17(2)30-11-13-32(14-12-30)37(35,36)29(3)24-20-5-4-10-28-23(20)25(33)22-21(24)16-31(26(22)34)15-18-6-8-19(27)9-7-18/h4-10,16-17,33-34H,11-15H2,1-3H3. The van der Waals surface area contributed by atoms with E-state index in [0.29, 0.717) is 48.7 Å². The first-order valence-corrected chi connectivity index (χ1v) is 13.5. The molecule has 11 heteroatoms. The molecule has 2 N–H and O–H groups in total. The summed E-state index contributed by atoms with van der Waals surface area (Å²) in [5, 5.41) is 23.1. The van der Waals surface area contributed by atoms with Crippen molar-refractivity contribution in [2.75, 3.05) is 37.5 Å². The summed E-state index contributed by atoms with van der Waals surface area (Å²) in [5.74, 6) is -0.841. The van der Waals surface area contributed by atoms with E-state index in [2.05, 4.69) is 23.7 Å². The molecule has 4 aromatic rings. The third-order valence-electron chi connectivity index (χ3n) is 7.09. The lowest BCUT2D eigenvalue weighted by Gasteiger charge is -2.38. The van der Waals surface area contributed by atoms with Gasteiger partial charge in [0.05, 0.1) is 17.6 Å². The average Bonchev–Trinajstić information content (AvgIpc) is 3.21. The fourth-order valence-electron chi connectivity index (χ4n) is 4.99. The van der Waals surface area contributed by atoms with Crippen LogP contribution < -0.4 is 4.31 Å². The Bertz CT molecular complexity index is 1560. The molecule has 5 rings (SSSR count). The van der Waals surface area contributed by atoms with Crippen LogP contribution in [0.25, 0.3) is 21.7 Å². The van der Waals surface area contributed by atoms with E-state index < -0.39 is 10.2 Å². The first-order chi connectivity index (χ1) is 17.6. The number of pyridine rings is 1. The van der Waals surface area contributed by atoms with Crippen molar-refractivity contribution >= 4 is 37.6 Å². The van der Waals surface area contributed by atoms with Crippen LogP contribution in [0, 0.1) is 5.82 Å². The van der Waals surface area contributed by atoms with Gasteiger partial charge < -0.3 is 14.8 Å². The molecule has 0 spiro atoms. The van der Waals surface area contributed by atoms with Gasteiger partial charge in [0.2, 0.25) is 5.88 Å². The summed E-state index contributed by atoms with van der Waals surface area (Å²) in [6.45, 7) is 6.35. The van der Waals surface area contributed by atoms with Crippen molar-refractivity contribution in [3.8, 4) is 11.6 Å². The molecule has 9 nitrogen and oxygen atoms in total. The van der Waals surface area contributed by atoms with Gasteiger partial charge in [0.15, 0.2) is 5.75 Å². The highest BCUT2D eigenvalue weighted by atomic mass is 32.2. The highest BCUT2D eigenvalue weighted by molar-refractivity contribution is 7.90. The molecule has 2 aromatic heterocycles. The van der Waals surface area contributed by atoms with Crippen LogP contribution >= 0.6 is 0 Å². The molecule has 37 heavy (non-hydrogen) atoms. The predicted octanol–water partition coefficient (Wildman–Crippen LogP) is 3.50. The van der Waals surface area contributed by atoms with Crippen LogP contribution in [0.5, 0.6) is 11.6 Å². The highest BCUT2D eigenvalue weighted by Gasteiger charge is 2.34. The summed E-state index contributed by atoms with van der Waals surface area (Å²) in [4.78, 5) is 6.52. The number of fused-ring (bicyclic) bond motifs is 2. The third-order valence-corrected chi connectivity index (χ3v) is 8.98. The topological polar surface area (TPSA) is 102 Å². The molecule has 0 amide bonds. The van der Waals surface area contributed by atoms with E-state index >= 15 is 0 Å². The van der Waals surface area contributed by atoms with E-state index in [9.17, 15) is 23.0 Å². The van der Waals surface area contributed by atoms with Gasteiger partial charge in [-0.15, -0.1) is 0 Å². The number of benzene rings is 2. The normalized spacial score (nSPS) is 15.7. The van der Waals surface area contributed by atoms with Crippen molar-refractivity contribution in [2.24, 2.45) is 0 Å². The van der Waals surface area contributed by atoms with Gasteiger partial charge >= 0.3 is 10.2 Å². The maximum absolute atomic E-state index is 13.8. The minimum absolute atomic E-state index is 0.106. The highest BCUT2D eigenvalue weighted by Crippen LogP contribution is 2.46. The summed E-state index contributed by atoms with van der Waals surface area (Å²) in [5.41, 5.74) is 1.23. The second-order valence-corrected chi connectivity index (χ2v) is 11.6. The fraction of sp³-hybridized carbons (Fsp3) is 0.346. The summed E-state index contributed by atoms with van der Waals surface area (Å²) >= 11 is 0. The van der Waals surface area contributed by atoms with Crippen molar-refractivity contribution in [1.29, 1.82) is 0 Å². The van der Waals surface area contributed by atoms with Crippen LogP contribution in [0.1, 0.15) is 19.4 Å². The SMILES string of the molecule is CC(C)N1CCN(S(=O)(=O)N(C)c2c3cccnc3c(O)c3c(O)n(Cc4ccc(F)cc4)cc23)CC1. The largest absolute Gasteiger partial charge is 0.505 e. The van der Waals surface area contributed by atoms with Gasteiger partial charge in [-0.1, -0.05) is 12.1 Å². The van der Waals surface area contributed by atoms with Crippen molar-refractivity contribution in [2.45, 2.75) is 26.4 Å². The van der Waals surface area contributed by atoms with Crippen LogP contribution in [0.2, 0.25) is 0 Å². The molecule has 0 unspecified atom stereocenters. The zero-order chi connectivity index (χ0) is 26.5. The summed E-state index contributed by atoms with van der Waals surface area (Å²) < 4.78 is 45.2. The quantitative estimate of drug-likeness (QED) is 0.398. The Balaban J connectivity index is 1.63. The molecular formula is C26H30FN5O4S. The van der Waals surface area contributed by atoms with Crippen LogP contribution in [-0.4, -0.2) is 76.7 Å². The zero-order valence-electron chi connectivity index (χ0n) is 21.0. The Labute approximate surface area is 215 Å². The molecule has 1 fully saturated rings. The average molecular weight is 528 g/mol. The molecule has 1 saturated heterocycles. The smallest absolute Gasteiger partial charge is 0.303 e. The molecule has 0 atom stereocenters. The maximum Gasteiger partial charge on any atom is 0.303 e. The van der Waals surface area contributed by atoms with E-state index in [-0.39, 0.29) is 34.9 Å². The van der Waals surface area contributed by atoms with Gasteiger partial charge in [0.25, 0.3) is 0 Å². The second kappa shape index (κ2) is 9.47. The number of phenolic OH excluding ortho intramolecular Hbond substituents is 1. The van der Waals surface area contributed by atoms with Crippen molar-refractivity contribution < 1.29 is 23.0 Å². The Morgan fingerprint density at radius 2 is 1.73 bits per heavy atom. The van der Waals surface area contributed by atoms with Gasteiger partial charge in [0, 0.05) is 62.4 Å². The molecule has 0 aliphatic carbocycles. The molecule has 196 valence electrons. The van der Waals surface area contributed by atoms with E-state index in [1.807, 2.05) is 0 Å². The number of anilines is 1. The Kier molecular flexibility index (Phi) is 6.47. The molecule has 1 aliphatic heterocycles. The summed E-state index contributed by atoms with van der Waals surface area (Å²) in [6, 6.07) is 9.57. The number of aromatic hydroxyl groups is 2. The van der Waals surface area contributed by atoms with E-state index in [1.165, 1.54) is 38.6 Å². The Hall–Kier alpha value is -3.41. The number of hydrogen-bond acceptors (Lipinski definition) is 6. The lowest BCUT2D eigenvalue weighted by atomic mass is 10.1. The first-order valence-electron chi connectivity index (χ1n) is 12.1. The lowest BCUT2D eigenvalue weighted by Crippen LogP contribution is -2.53. The van der Waals surface area contributed by atoms with Gasteiger partial charge in [0.1, 0.15) is 11.3 Å². The van der Waals surface area contributed by atoms with E-state index in [4.69, 9.17) is 0 Å². The number of phenols is 1. The number of nitrogens with zero attached hydrogens (tertiary/aromatic N) is 5. The third kappa shape index (κ3) is 4.36. The van der Waals surface area contributed by atoms with E-state index in [1.54, 1.807) is 30.5 Å². The molecule has 0 radical (unpaired) electrons. The lowest BCUT2D eigenvalue weighted by molar-refractivity contribution is 0.154. The van der Waals surface area contributed by atoms with Gasteiger partial charge in [-0.2, -0.15) is 12.7 Å². The molecular weight excluding hydrogens is 497 g/mol. The first kappa shape index (κ1) is 25.2. The molecule has 3 heterocycles. The number of halogens is 1. The molecule has 0 saturated carbocycles. The summed E-state index contributed by atoms with van der Waals surface area (Å²) in [7, 11) is -2.45. The maximum atomic E-state index is 13.8. The number of rotatable bonds is 6. The van der Waals surface area contributed by atoms with Gasteiger partial charge in [-0.25, -0.2) is 4.39 Å². The zero-order valence-corrected chi connectivity index (χ0v) is 21.8. The van der Waals surface area contributed by atoms with Crippen LogP contribution in [0.3, 0.4) is 0 Å². The monoisotopic (exact) mass is 527 g/mol. The molecule has 2 aromatic carbocycles. The van der Waals surface area contributed by atoms with Crippen LogP contribution in [0.15, 0.2) is 48.8 Å². The van der Waals surface area contributed by atoms with Crippen molar-refractivity contribution in [1.82, 2.24) is 18.8 Å². The molecule has 1 aliphatic rings. The fourth-order valence-corrected chi connectivity index (χ4v) is 6.39. The number of aromatic nitrogens is 2. The molecule has 0 bridgehead atoms. The van der Waals surface area contributed by atoms with Gasteiger partial charge in [-0.05, 0) is 43.7 Å². The van der Waals surface area contributed by atoms with E-state index in [0.717, 1.165) is 5.56 Å². The van der Waals surface area contributed by atoms with Gasteiger partial charge in [-0.3, -0.25) is 14.2 Å². The Morgan fingerprint density at radius 3 is 2.38 bits per heavy atom.